The van der Waals surface area contributed by atoms with E-state index in [0.29, 0.717) is 18.1 Å². The highest BCUT2D eigenvalue weighted by atomic mass is 16.5. The molecule has 6 heteroatoms. The molecule has 6 nitrogen and oxygen atoms in total. The number of hydrogen-bond acceptors (Lipinski definition) is 4. The smallest absolute Gasteiger partial charge is 0.328 e. The fraction of sp³-hybridized carbons (Fsp3) is 0.200. The van der Waals surface area contributed by atoms with Gasteiger partial charge < -0.3 is 21.1 Å². The second kappa shape index (κ2) is 12.3. The third-order valence-corrected chi connectivity index (χ3v) is 3.44. The molecule has 0 amide bonds. The predicted octanol–water partition coefficient (Wildman–Crippen LogP) is 3.92. The van der Waals surface area contributed by atoms with Crippen LogP contribution in [0.3, 0.4) is 0 Å². The Hall–Kier alpha value is -3.12. The van der Waals surface area contributed by atoms with Gasteiger partial charge in [0.2, 0.25) is 0 Å². The van der Waals surface area contributed by atoms with Crippen LogP contribution in [-0.4, -0.2) is 29.3 Å². The first-order valence-electron chi connectivity index (χ1n) is 7.74. The zero-order valence-corrected chi connectivity index (χ0v) is 15.0. The van der Waals surface area contributed by atoms with Gasteiger partial charge in [-0.05, 0) is 35.6 Å². The van der Waals surface area contributed by atoms with Crippen LogP contribution in [0.15, 0.2) is 66.7 Å². The Morgan fingerprint density at radius 3 is 1.88 bits per heavy atom. The maximum atomic E-state index is 9.55. The Morgan fingerprint density at radius 2 is 1.46 bits per heavy atom. The average Bonchev–Trinajstić information content (AvgIpc) is 2.62. The molecule has 140 valence electrons. The lowest BCUT2D eigenvalue weighted by molar-refractivity contribution is -0.134. The van der Waals surface area contributed by atoms with Crippen LogP contribution in [0.5, 0.6) is 5.75 Å². The second-order valence-corrected chi connectivity index (χ2v) is 5.37. The van der Waals surface area contributed by atoms with Gasteiger partial charge in [0.05, 0.1) is 7.11 Å². The molecule has 0 bridgehead atoms. The van der Waals surface area contributed by atoms with Crippen molar-refractivity contribution < 1.29 is 24.5 Å². The van der Waals surface area contributed by atoms with Crippen molar-refractivity contribution in [3.05, 3.63) is 77.9 Å². The van der Waals surface area contributed by atoms with Crippen molar-refractivity contribution >= 4 is 11.9 Å². The molecule has 26 heavy (non-hydrogen) atoms. The van der Waals surface area contributed by atoms with Crippen molar-refractivity contribution in [2.45, 2.75) is 19.3 Å². The first-order chi connectivity index (χ1) is 11.9. The molecular weight excluding hydrogens is 334 g/mol. The van der Waals surface area contributed by atoms with Gasteiger partial charge in [-0.25, -0.2) is 9.59 Å². The molecule has 2 rings (SSSR count). The van der Waals surface area contributed by atoms with Crippen LogP contribution in [0.1, 0.15) is 24.0 Å². The number of carbonyl (C=O) groups is 2. The molecular formula is C20H25NO5. The standard InChI is InChI=1S/C16H18O.C4H4O4.H3N/c1-13(15-6-4-3-5-7-15)12-14-8-10-16(17-2)11-9-14;5-3(6)1-2-4(7)8;/h3-11,13H,12H2,1-2H3;1-2H,(H,5,6)(H,7,8);1H3. The minimum Gasteiger partial charge on any atom is -0.497 e. The Bertz CT molecular complexity index is 680. The van der Waals surface area contributed by atoms with E-state index < -0.39 is 11.9 Å². The lowest BCUT2D eigenvalue weighted by Gasteiger charge is -2.12. The molecule has 0 radical (unpaired) electrons. The minimum absolute atomic E-state index is 0. The van der Waals surface area contributed by atoms with Gasteiger partial charge in [-0.3, -0.25) is 0 Å². The van der Waals surface area contributed by atoms with E-state index in [-0.39, 0.29) is 6.15 Å². The van der Waals surface area contributed by atoms with E-state index in [1.54, 1.807) is 7.11 Å². The summed E-state index contributed by atoms with van der Waals surface area (Å²) >= 11 is 0. The number of carboxylic acid groups (broad SMARTS) is 2. The number of carboxylic acids is 2. The Labute approximate surface area is 153 Å². The first-order valence-corrected chi connectivity index (χ1v) is 7.74. The molecule has 0 aromatic heterocycles. The van der Waals surface area contributed by atoms with Crippen molar-refractivity contribution in [3.63, 3.8) is 0 Å². The molecule has 2 aromatic carbocycles. The number of benzene rings is 2. The van der Waals surface area contributed by atoms with Gasteiger partial charge in [-0.2, -0.15) is 0 Å². The summed E-state index contributed by atoms with van der Waals surface area (Å²) < 4.78 is 5.16. The highest BCUT2D eigenvalue weighted by Gasteiger charge is 2.05. The average molecular weight is 359 g/mol. The van der Waals surface area contributed by atoms with E-state index in [1.807, 2.05) is 12.1 Å². The molecule has 1 unspecified atom stereocenters. The summed E-state index contributed by atoms with van der Waals surface area (Å²) in [6.45, 7) is 2.26. The van der Waals surface area contributed by atoms with Gasteiger partial charge in [-0.1, -0.05) is 49.4 Å². The van der Waals surface area contributed by atoms with Crippen molar-refractivity contribution in [1.82, 2.24) is 6.15 Å². The fourth-order valence-electron chi connectivity index (χ4n) is 2.16. The fourth-order valence-corrected chi connectivity index (χ4v) is 2.16. The molecule has 0 aliphatic carbocycles. The van der Waals surface area contributed by atoms with Crippen LogP contribution in [0, 0.1) is 0 Å². The number of hydrogen-bond donors (Lipinski definition) is 3. The molecule has 0 fully saturated rings. The van der Waals surface area contributed by atoms with Crippen LogP contribution >= 0.6 is 0 Å². The van der Waals surface area contributed by atoms with E-state index in [9.17, 15) is 9.59 Å². The lowest BCUT2D eigenvalue weighted by atomic mass is 9.94. The molecule has 0 heterocycles. The third-order valence-electron chi connectivity index (χ3n) is 3.44. The largest absolute Gasteiger partial charge is 0.497 e. The van der Waals surface area contributed by atoms with Gasteiger partial charge in [0, 0.05) is 12.2 Å². The van der Waals surface area contributed by atoms with E-state index in [4.69, 9.17) is 14.9 Å². The maximum absolute atomic E-state index is 9.55. The van der Waals surface area contributed by atoms with Crippen LogP contribution in [-0.2, 0) is 16.0 Å². The number of rotatable bonds is 6. The number of ether oxygens (including phenoxy) is 1. The van der Waals surface area contributed by atoms with Gasteiger partial charge in [0.1, 0.15) is 5.75 Å². The summed E-state index contributed by atoms with van der Waals surface area (Å²) in [5, 5.41) is 15.6. The van der Waals surface area contributed by atoms with Crippen molar-refractivity contribution in [2.75, 3.05) is 7.11 Å². The van der Waals surface area contributed by atoms with E-state index in [0.717, 1.165) is 12.2 Å². The summed E-state index contributed by atoms with van der Waals surface area (Å²) in [5.41, 5.74) is 2.74. The van der Waals surface area contributed by atoms with Crippen LogP contribution < -0.4 is 10.9 Å². The Kier molecular flexibility index (Phi) is 10.8. The predicted molar refractivity (Wildman–Crippen MR) is 101 cm³/mol. The molecule has 0 aliphatic rings. The lowest BCUT2D eigenvalue weighted by Crippen LogP contribution is -1.98. The maximum Gasteiger partial charge on any atom is 0.328 e. The number of aliphatic carboxylic acids is 2. The monoisotopic (exact) mass is 359 g/mol. The van der Waals surface area contributed by atoms with Gasteiger partial charge in [0.15, 0.2) is 0 Å². The Morgan fingerprint density at radius 1 is 0.962 bits per heavy atom. The summed E-state index contributed by atoms with van der Waals surface area (Å²) in [7, 11) is 1.70. The summed E-state index contributed by atoms with van der Waals surface area (Å²) in [6, 6.07) is 18.9. The third kappa shape index (κ3) is 9.24. The quantitative estimate of drug-likeness (QED) is 0.673. The summed E-state index contributed by atoms with van der Waals surface area (Å²) in [5.74, 6) is -1.05. The normalized spacial score (nSPS) is 10.8. The molecule has 5 N–H and O–H groups in total. The first kappa shape index (κ1) is 22.9. The molecule has 0 saturated heterocycles. The SMILES string of the molecule is COc1ccc(CC(C)c2ccccc2)cc1.N.O=C(O)C=CC(=O)O. The van der Waals surface area contributed by atoms with E-state index in [2.05, 4.69) is 49.4 Å². The highest BCUT2D eigenvalue weighted by molar-refractivity contribution is 5.89. The van der Waals surface area contributed by atoms with Crippen molar-refractivity contribution in [2.24, 2.45) is 0 Å². The molecule has 0 aliphatic heterocycles. The molecule has 0 saturated carbocycles. The van der Waals surface area contributed by atoms with Crippen LogP contribution in [0.4, 0.5) is 0 Å². The van der Waals surface area contributed by atoms with E-state index >= 15 is 0 Å². The van der Waals surface area contributed by atoms with Gasteiger partial charge >= 0.3 is 11.9 Å². The van der Waals surface area contributed by atoms with Crippen LogP contribution in [0.2, 0.25) is 0 Å². The van der Waals surface area contributed by atoms with Gasteiger partial charge in [0.25, 0.3) is 0 Å². The molecule has 0 spiro atoms. The van der Waals surface area contributed by atoms with Crippen molar-refractivity contribution in [3.8, 4) is 5.75 Å². The summed E-state index contributed by atoms with van der Waals surface area (Å²) in [4.78, 5) is 19.1. The zero-order chi connectivity index (χ0) is 18.7. The Balaban J connectivity index is 0.000000597. The van der Waals surface area contributed by atoms with E-state index in [1.165, 1.54) is 11.1 Å². The number of methoxy groups -OCH3 is 1. The second-order valence-electron chi connectivity index (χ2n) is 5.37. The van der Waals surface area contributed by atoms with Crippen LogP contribution in [0.25, 0.3) is 0 Å². The van der Waals surface area contributed by atoms with Gasteiger partial charge in [-0.15, -0.1) is 0 Å². The minimum atomic E-state index is -1.26. The molecule has 1 atom stereocenters. The highest BCUT2D eigenvalue weighted by Crippen LogP contribution is 2.21. The van der Waals surface area contributed by atoms with Crippen molar-refractivity contribution in [1.29, 1.82) is 0 Å². The zero-order valence-electron chi connectivity index (χ0n) is 15.0. The molecule has 2 aromatic rings. The topological polar surface area (TPSA) is 119 Å². The summed E-state index contributed by atoms with van der Waals surface area (Å²) in [6.07, 6.45) is 2.18.